The van der Waals surface area contributed by atoms with Gasteiger partial charge in [-0.3, -0.25) is 4.98 Å². The van der Waals surface area contributed by atoms with Crippen molar-refractivity contribution in [3.05, 3.63) is 54.6 Å². The van der Waals surface area contributed by atoms with E-state index in [1.54, 1.807) is 24.5 Å². The molecule has 0 aliphatic carbocycles. The quantitative estimate of drug-likeness (QED) is 0.800. The molecule has 0 saturated carbocycles. The largest absolute Gasteiger partial charge is 0.477 e. The van der Waals surface area contributed by atoms with Gasteiger partial charge in [0.05, 0.1) is 17.9 Å². The Kier molecular flexibility index (Phi) is 4.14. The molecule has 0 radical (unpaired) electrons. The van der Waals surface area contributed by atoms with Crippen LogP contribution >= 0.6 is 0 Å². The van der Waals surface area contributed by atoms with Crippen LogP contribution in [0.15, 0.2) is 48.8 Å². The first kappa shape index (κ1) is 14.9. The lowest BCUT2D eigenvalue weighted by Crippen LogP contribution is -2.05. The molecular weight excluding hydrogens is 295 g/mol. The highest BCUT2D eigenvalue weighted by Crippen LogP contribution is 2.37. The number of rotatable bonds is 4. The smallest absolute Gasteiger partial charge is 0.226 e. The van der Waals surface area contributed by atoms with Gasteiger partial charge in [-0.25, -0.2) is 9.37 Å². The highest BCUT2D eigenvalue weighted by molar-refractivity contribution is 5.84. The first-order valence-corrected chi connectivity index (χ1v) is 7.15. The fourth-order valence-corrected chi connectivity index (χ4v) is 2.32. The molecule has 2 N–H and O–H groups in total. The van der Waals surface area contributed by atoms with Crippen molar-refractivity contribution in [1.29, 1.82) is 0 Å². The fraction of sp³-hybridized carbons (Fsp3) is 0.118. The van der Waals surface area contributed by atoms with Crippen molar-refractivity contribution < 1.29 is 9.13 Å². The average Bonchev–Trinajstić information content (AvgIpc) is 2.55. The van der Waals surface area contributed by atoms with Gasteiger partial charge in [0.1, 0.15) is 5.82 Å². The predicted molar refractivity (Wildman–Crippen MR) is 86.2 cm³/mol. The minimum Gasteiger partial charge on any atom is -0.477 e. The molecule has 0 aliphatic heterocycles. The molecule has 0 fully saturated rings. The van der Waals surface area contributed by atoms with Gasteiger partial charge >= 0.3 is 0 Å². The third kappa shape index (κ3) is 3.11. The SMILES string of the molecule is CCOc1nc(N)nc(-c2cccc(F)c2)c1-c1ccncc1. The van der Waals surface area contributed by atoms with Gasteiger partial charge in [0.2, 0.25) is 11.8 Å². The Balaban J connectivity index is 2.29. The van der Waals surface area contributed by atoms with Crippen LogP contribution in [0.1, 0.15) is 6.92 Å². The summed E-state index contributed by atoms with van der Waals surface area (Å²) in [4.78, 5) is 12.5. The molecule has 1 aromatic carbocycles. The summed E-state index contributed by atoms with van der Waals surface area (Å²) in [7, 11) is 0. The number of hydrogen-bond donors (Lipinski definition) is 1. The van der Waals surface area contributed by atoms with Crippen molar-refractivity contribution in [2.24, 2.45) is 0 Å². The number of benzene rings is 1. The Morgan fingerprint density at radius 3 is 2.57 bits per heavy atom. The van der Waals surface area contributed by atoms with Crippen molar-refractivity contribution >= 4 is 5.95 Å². The maximum atomic E-state index is 13.6. The Hall–Kier alpha value is -3.02. The lowest BCUT2D eigenvalue weighted by molar-refractivity contribution is 0.328. The van der Waals surface area contributed by atoms with Crippen LogP contribution in [0, 0.1) is 5.82 Å². The summed E-state index contributed by atoms with van der Waals surface area (Å²) in [6, 6.07) is 9.82. The molecule has 0 unspecified atom stereocenters. The number of hydrogen-bond acceptors (Lipinski definition) is 5. The van der Waals surface area contributed by atoms with Crippen LogP contribution in [-0.2, 0) is 0 Å². The van der Waals surface area contributed by atoms with E-state index < -0.39 is 0 Å². The molecule has 0 atom stereocenters. The van der Waals surface area contributed by atoms with Gasteiger partial charge in [0.15, 0.2) is 0 Å². The van der Waals surface area contributed by atoms with Crippen LogP contribution in [0.5, 0.6) is 5.88 Å². The van der Waals surface area contributed by atoms with E-state index in [1.807, 2.05) is 19.1 Å². The van der Waals surface area contributed by atoms with Crippen molar-refractivity contribution in [2.75, 3.05) is 12.3 Å². The van der Waals surface area contributed by atoms with E-state index in [2.05, 4.69) is 15.0 Å². The van der Waals surface area contributed by atoms with Crippen LogP contribution in [0.2, 0.25) is 0 Å². The first-order chi connectivity index (χ1) is 11.2. The van der Waals surface area contributed by atoms with Gasteiger partial charge in [-0.05, 0) is 36.8 Å². The molecule has 0 amide bonds. The molecule has 0 saturated heterocycles. The van der Waals surface area contributed by atoms with Crippen molar-refractivity contribution in [2.45, 2.75) is 6.92 Å². The summed E-state index contributed by atoms with van der Waals surface area (Å²) in [6.07, 6.45) is 3.33. The van der Waals surface area contributed by atoms with Crippen molar-refractivity contribution in [1.82, 2.24) is 15.0 Å². The van der Waals surface area contributed by atoms with E-state index in [0.29, 0.717) is 29.3 Å². The summed E-state index contributed by atoms with van der Waals surface area (Å²) >= 11 is 0. The Labute approximate surface area is 133 Å². The zero-order valence-corrected chi connectivity index (χ0v) is 12.5. The number of nitrogens with two attached hydrogens (primary N) is 1. The molecule has 3 rings (SSSR count). The molecule has 0 aliphatic rings. The second-order valence-electron chi connectivity index (χ2n) is 4.79. The molecule has 116 valence electrons. The van der Waals surface area contributed by atoms with Gasteiger partial charge < -0.3 is 10.5 Å². The van der Waals surface area contributed by atoms with E-state index in [4.69, 9.17) is 10.5 Å². The standard InChI is InChI=1S/C17H15FN4O/c1-2-23-16-14(11-6-8-20-9-7-11)15(21-17(19)22-16)12-4-3-5-13(18)10-12/h3-10H,2H2,1H3,(H2,19,21,22). The monoisotopic (exact) mass is 310 g/mol. The van der Waals surface area contributed by atoms with Gasteiger partial charge in [-0.15, -0.1) is 0 Å². The number of nitrogens with zero attached hydrogens (tertiary/aromatic N) is 3. The minimum absolute atomic E-state index is 0.0746. The molecule has 0 spiro atoms. The predicted octanol–water partition coefficient (Wildman–Crippen LogP) is 3.33. The van der Waals surface area contributed by atoms with Crippen LogP contribution in [0.25, 0.3) is 22.4 Å². The van der Waals surface area contributed by atoms with E-state index in [-0.39, 0.29) is 11.8 Å². The van der Waals surface area contributed by atoms with Crippen LogP contribution in [0.3, 0.4) is 0 Å². The summed E-state index contributed by atoms with van der Waals surface area (Å²) in [5.41, 5.74) is 8.41. The first-order valence-electron chi connectivity index (χ1n) is 7.15. The van der Waals surface area contributed by atoms with Gasteiger partial charge in [0, 0.05) is 18.0 Å². The molecule has 23 heavy (non-hydrogen) atoms. The number of aromatic nitrogens is 3. The van der Waals surface area contributed by atoms with Crippen LogP contribution in [-0.4, -0.2) is 21.6 Å². The second kappa shape index (κ2) is 6.39. The summed E-state index contributed by atoms with van der Waals surface area (Å²) in [5.74, 6) is 0.0919. The maximum Gasteiger partial charge on any atom is 0.226 e. The van der Waals surface area contributed by atoms with Crippen LogP contribution < -0.4 is 10.5 Å². The lowest BCUT2D eigenvalue weighted by atomic mass is 10.0. The molecular formula is C17H15FN4O. The molecule has 6 heteroatoms. The Morgan fingerprint density at radius 2 is 1.87 bits per heavy atom. The third-order valence-corrected chi connectivity index (χ3v) is 3.24. The van der Waals surface area contributed by atoms with Crippen molar-refractivity contribution in [3.8, 4) is 28.3 Å². The number of nitrogen functional groups attached to an aromatic ring is 1. The summed E-state index contributed by atoms with van der Waals surface area (Å²) in [6.45, 7) is 2.29. The normalized spacial score (nSPS) is 10.5. The summed E-state index contributed by atoms with van der Waals surface area (Å²) in [5, 5.41) is 0. The Morgan fingerprint density at radius 1 is 1.09 bits per heavy atom. The van der Waals surface area contributed by atoms with Crippen LogP contribution in [0.4, 0.5) is 10.3 Å². The summed E-state index contributed by atoms with van der Waals surface area (Å²) < 4.78 is 19.2. The topological polar surface area (TPSA) is 73.9 Å². The van der Waals surface area contributed by atoms with Crippen molar-refractivity contribution in [3.63, 3.8) is 0 Å². The zero-order valence-electron chi connectivity index (χ0n) is 12.5. The average molecular weight is 310 g/mol. The third-order valence-electron chi connectivity index (χ3n) is 3.24. The number of ether oxygens (including phenoxy) is 1. The molecule has 3 aromatic rings. The number of pyridine rings is 1. The zero-order chi connectivity index (χ0) is 16.2. The van der Waals surface area contributed by atoms with Gasteiger partial charge in [0.25, 0.3) is 0 Å². The fourth-order valence-electron chi connectivity index (χ4n) is 2.32. The molecule has 2 aromatic heterocycles. The highest BCUT2D eigenvalue weighted by atomic mass is 19.1. The van der Waals surface area contributed by atoms with E-state index in [9.17, 15) is 4.39 Å². The maximum absolute atomic E-state index is 13.6. The van der Waals surface area contributed by atoms with E-state index in [1.165, 1.54) is 12.1 Å². The molecule has 5 nitrogen and oxygen atoms in total. The van der Waals surface area contributed by atoms with Gasteiger partial charge in [-0.1, -0.05) is 12.1 Å². The molecule has 2 heterocycles. The van der Waals surface area contributed by atoms with E-state index >= 15 is 0 Å². The highest BCUT2D eigenvalue weighted by Gasteiger charge is 2.18. The van der Waals surface area contributed by atoms with E-state index in [0.717, 1.165) is 5.56 Å². The minimum atomic E-state index is -0.349. The second-order valence-corrected chi connectivity index (χ2v) is 4.79. The Bertz CT molecular complexity index is 824. The molecule has 0 bridgehead atoms. The lowest BCUT2D eigenvalue weighted by Gasteiger charge is -2.14. The van der Waals surface area contributed by atoms with Gasteiger partial charge in [-0.2, -0.15) is 4.98 Å². The number of anilines is 1. The number of halogens is 1.